The number of nitrogens with one attached hydrogen (secondary N) is 2. The number of aromatic amines is 1. The van der Waals surface area contributed by atoms with Crippen LogP contribution in [0, 0.1) is 0 Å². The Kier molecular flexibility index (Phi) is 4.12. The molecule has 0 amide bonds. The van der Waals surface area contributed by atoms with Gasteiger partial charge in [0, 0.05) is 44.5 Å². The smallest absolute Gasteiger partial charge is 0.109 e. The molecule has 3 aromatic rings. The Bertz CT molecular complexity index is 684. The van der Waals surface area contributed by atoms with E-state index in [4.69, 9.17) is 0 Å². The summed E-state index contributed by atoms with van der Waals surface area (Å²) in [6, 6.07) is 10.3. The molecule has 0 fully saturated rings. The van der Waals surface area contributed by atoms with Crippen LogP contribution in [0.5, 0.6) is 0 Å². The van der Waals surface area contributed by atoms with E-state index in [9.17, 15) is 0 Å². The lowest BCUT2D eigenvalue weighted by molar-refractivity contribution is 0.655. The zero-order valence-corrected chi connectivity index (χ0v) is 12.1. The molecule has 108 valence electrons. The lowest BCUT2D eigenvalue weighted by atomic mass is 10.1. The highest BCUT2D eigenvalue weighted by molar-refractivity contribution is 5.62. The summed E-state index contributed by atoms with van der Waals surface area (Å²) in [4.78, 5) is 4.32. The Hall–Kier alpha value is -2.40. The molecule has 5 heteroatoms. The van der Waals surface area contributed by atoms with E-state index in [1.165, 1.54) is 5.56 Å². The molecule has 0 radical (unpaired) electrons. The average molecular weight is 281 g/mol. The predicted molar refractivity (Wildman–Crippen MR) is 82.6 cm³/mol. The fourth-order valence-electron chi connectivity index (χ4n) is 2.36. The quantitative estimate of drug-likeness (QED) is 0.681. The molecule has 2 N–H and O–H groups in total. The summed E-state index contributed by atoms with van der Waals surface area (Å²) in [5.41, 5.74) is 3.43. The number of benzene rings is 1. The van der Waals surface area contributed by atoms with Crippen molar-refractivity contribution in [2.24, 2.45) is 7.05 Å². The van der Waals surface area contributed by atoms with Crippen molar-refractivity contribution in [2.75, 3.05) is 6.54 Å². The Balaban J connectivity index is 1.57. The first kappa shape index (κ1) is 13.6. The van der Waals surface area contributed by atoms with E-state index in [2.05, 4.69) is 37.2 Å². The van der Waals surface area contributed by atoms with Crippen LogP contribution in [-0.4, -0.2) is 26.3 Å². The Morgan fingerprint density at radius 1 is 1.24 bits per heavy atom. The first-order chi connectivity index (χ1) is 10.3. The number of imidazole rings is 1. The van der Waals surface area contributed by atoms with E-state index in [1.54, 1.807) is 0 Å². The summed E-state index contributed by atoms with van der Waals surface area (Å²) in [6.07, 6.45) is 6.61. The molecule has 0 saturated carbocycles. The van der Waals surface area contributed by atoms with Gasteiger partial charge in [-0.3, -0.25) is 5.10 Å². The van der Waals surface area contributed by atoms with Gasteiger partial charge in [0.15, 0.2) is 0 Å². The maximum absolute atomic E-state index is 4.32. The van der Waals surface area contributed by atoms with Crippen LogP contribution in [0.1, 0.15) is 11.4 Å². The Morgan fingerprint density at radius 3 is 2.86 bits per heavy atom. The zero-order chi connectivity index (χ0) is 14.5. The number of aryl methyl sites for hydroxylation is 1. The third-order valence-electron chi connectivity index (χ3n) is 3.54. The van der Waals surface area contributed by atoms with Gasteiger partial charge < -0.3 is 9.88 Å². The molecule has 0 aliphatic carbocycles. The largest absolute Gasteiger partial charge is 0.338 e. The van der Waals surface area contributed by atoms with Gasteiger partial charge in [0.2, 0.25) is 0 Å². The lowest BCUT2D eigenvalue weighted by Gasteiger charge is -2.06. The van der Waals surface area contributed by atoms with Gasteiger partial charge in [0.05, 0.1) is 11.9 Å². The highest BCUT2D eigenvalue weighted by Crippen LogP contribution is 2.20. The number of rotatable bonds is 6. The summed E-state index contributed by atoms with van der Waals surface area (Å²) in [5.74, 6) is 1.10. The lowest BCUT2D eigenvalue weighted by Crippen LogP contribution is -2.18. The molecule has 0 bridgehead atoms. The molecule has 2 aromatic heterocycles. The number of hydrogen-bond donors (Lipinski definition) is 2. The molecule has 5 nitrogen and oxygen atoms in total. The molecule has 1 aromatic carbocycles. The molecule has 3 rings (SSSR count). The van der Waals surface area contributed by atoms with Crippen molar-refractivity contribution >= 4 is 0 Å². The normalized spacial score (nSPS) is 10.9. The van der Waals surface area contributed by atoms with Crippen molar-refractivity contribution in [3.63, 3.8) is 0 Å². The fourth-order valence-corrected chi connectivity index (χ4v) is 2.36. The van der Waals surface area contributed by atoms with Crippen LogP contribution in [-0.2, 0) is 20.0 Å². The number of aromatic nitrogens is 4. The third kappa shape index (κ3) is 3.20. The fraction of sp³-hybridized carbons (Fsp3) is 0.250. The summed E-state index contributed by atoms with van der Waals surface area (Å²) >= 11 is 0. The standard InChI is InChI=1S/C16H19N5/c1-21-10-9-18-15(21)7-8-17-11-14-12-19-20-16(14)13-5-3-2-4-6-13/h2-6,9-10,12,17H,7-8,11H2,1H3,(H,19,20). The molecule has 0 aliphatic heterocycles. The zero-order valence-electron chi connectivity index (χ0n) is 12.1. The topological polar surface area (TPSA) is 58.5 Å². The molecule has 21 heavy (non-hydrogen) atoms. The maximum atomic E-state index is 4.32. The van der Waals surface area contributed by atoms with Crippen molar-refractivity contribution in [3.8, 4) is 11.3 Å². The number of nitrogens with zero attached hydrogens (tertiary/aromatic N) is 3. The van der Waals surface area contributed by atoms with E-state index in [-0.39, 0.29) is 0 Å². The summed E-state index contributed by atoms with van der Waals surface area (Å²) in [7, 11) is 2.02. The van der Waals surface area contributed by atoms with Crippen LogP contribution >= 0.6 is 0 Å². The van der Waals surface area contributed by atoms with Crippen LogP contribution < -0.4 is 5.32 Å². The van der Waals surface area contributed by atoms with Crippen molar-refractivity contribution in [2.45, 2.75) is 13.0 Å². The van der Waals surface area contributed by atoms with Crippen LogP contribution in [0.25, 0.3) is 11.3 Å². The second kappa shape index (κ2) is 6.37. The van der Waals surface area contributed by atoms with Gasteiger partial charge in [0.1, 0.15) is 5.82 Å². The maximum Gasteiger partial charge on any atom is 0.109 e. The highest BCUT2D eigenvalue weighted by atomic mass is 15.1. The second-order valence-corrected chi connectivity index (χ2v) is 5.02. The van der Waals surface area contributed by atoms with Crippen LogP contribution in [0.2, 0.25) is 0 Å². The number of hydrogen-bond acceptors (Lipinski definition) is 3. The highest BCUT2D eigenvalue weighted by Gasteiger charge is 2.07. The van der Waals surface area contributed by atoms with Gasteiger partial charge in [-0.15, -0.1) is 0 Å². The van der Waals surface area contributed by atoms with Gasteiger partial charge in [-0.1, -0.05) is 30.3 Å². The first-order valence-electron chi connectivity index (χ1n) is 7.09. The van der Waals surface area contributed by atoms with Gasteiger partial charge in [-0.05, 0) is 5.56 Å². The monoisotopic (exact) mass is 281 g/mol. The van der Waals surface area contributed by atoms with E-state index >= 15 is 0 Å². The molecule has 0 atom stereocenters. The Morgan fingerprint density at radius 2 is 2.10 bits per heavy atom. The van der Waals surface area contributed by atoms with Crippen molar-refractivity contribution in [1.29, 1.82) is 0 Å². The van der Waals surface area contributed by atoms with E-state index < -0.39 is 0 Å². The summed E-state index contributed by atoms with van der Waals surface area (Å²) in [6.45, 7) is 1.69. The third-order valence-corrected chi connectivity index (χ3v) is 3.54. The summed E-state index contributed by atoms with van der Waals surface area (Å²) < 4.78 is 2.05. The Labute approximate surface area is 124 Å². The van der Waals surface area contributed by atoms with Crippen molar-refractivity contribution in [1.82, 2.24) is 25.1 Å². The summed E-state index contributed by atoms with van der Waals surface area (Å²) in [5, 5.41) is 10.7. The average Bonchev–Trinajstić information content (AvgIpc) is 3.14. The first-order valence-corrected chi connectivity index (χ1v) is 7.09. The predicted octanol–water partition coefficient (Wildman–Crippen LogP) is 2.14. The van der Waals surface area contributed by atoms with Gasteiger partial charge in [0.25, 0.3) is 0 Å². The second-order valence-electron chi connectivity index (χ2n) is 5.02. The molecular formula is C16H19N5. The van der Waals surface area contributed by atoms with Gasteiger partial charge >= 0.3 is 0 Å². The van der Waals surface area contributed by atoms with Crippen molar-refractivity contribution < 1.29 is 0 Å². The molecule has 2 heterocycles. The van der Waals surface area contributed by atoms with E-state index in [0.29, 0.717) is 0 Å². The minimum absolute atomic E-state index is 0.797. The van der Waals surface area contributed by atoms with Crippen LogP contribution in [0.3, 0.4) is 0 Å². The SMILES string of the molecule is Cn1ccnc1CCNCc1cn[nH]c1-c1ccccc1. The van der Waals surface area contributed by atoms with E-state index in [0.717, 1.165) is 36.6 Å². The van der Waals surface area contributed by atoms with Gasteiger partial charge in [-0.25, -0.2) is 4.98 Å². The molecule has 0 spiro atoms. The van der Waals surface area contributed by atoms with Gasteiger partial charge in [-0.2, -0.15) is 5.10 Å². The minimum Gasteiger partial charge on any atom is -0.338 e. The molecular weight excluding hydrogens is 262 g/mol. The van der Waals surface area contributed by atoms with Crippen LogP contribution in [0.4, 0.5) is 0 Å². The molecule has 0 saturated heterocycles. The van der Waals surface area contributed by atoms with Crippen molar-refractivity contribution in [3.05, 3.63) is 60.3 Å². The minimum atomic E-state index is 0.797. The van der Waals surface area contributed by atoms with E-state index in [1.807, 2.05) is 43.8 Å². The molecule has 0 unspecified atom stereocenters. The molecule has 0 aliphatic rings. The number of H-pyrrole nitrogens is 1. The van der Waals surface area contributed by atoms with Crippen LogP contribution in [0.15, 0.2) is 48.9 Å².